The average molecular weight is 1800 g/mol. The van der Waals surface area contributed by atoms with Gasteiger partial charge in [0, 0.05) is 24.3 Å². The van der Waals surface area contributed by atoms with Crippen molar-refractivity contribution in [3.05, 3.63) is 310 Å². The van der Waals surface area contributed by atoms with Gasteiger partial charge in [0.15, 0.2) is 12.5 Å². The molecule has 0 spiro atoms. The molecule has 0 amide bonds. The van der Waals surface area contributed by atoms with Gasteiger partial charge in [0.1, 0.15) is 101 Å². The van der Waals surface area contributed by atoms with E-state index >= 15 is 0 Å². The van der Waals surface area contributed by atoms with Gasteiger partial charge in [-0.15, -0.1) is 0 Å². The lowest BCUT2D eigenvalue weighted by molar-refractivity contribution is -0.249. The molecule has 0 bridgehead atoms. The molecule has 688 valence electrons. The Morgan fingerprint density at radius 1 is 0.267 bits per heavy atom. The minimum atomic E-state index is -1.02. The first kappa shape index (κ1) is 102. The van der Waals surface area contributed by atoms with Crippen LogP contribution in [-0.4, -0.2) is 147 Å². The van der Waals surface area contributed by atoms with Crippen LogP contribution in [0.15, 0.2) is 282 Å². The molecule has 0 fully saturated rings. The van der Waals surface area contributed by atoms with Gasteiger partial charge in [-0.05, 0) is 269 Å². The predicted octanol–water partition coefficient (Wildman–Crippen LogP) is 18.4. The summed E-state index contributed by atoms with van der Waals surface area (Å²) in [5, 5.41) is 1.81. The minimum absolute atomic E-state index is 0.000471. The summed E-state index contributed by atoms with van der Waals surface area (Å²) in [6.07, 6.45) is 10.7. The molecule has 0 saturated carbocycles. The van der Waals surface area contributed by atoms with E-state index in [0.29, 0.717) is 141 Å². The molecule has 0 heterocycles. The zero-order valence-corrected chi connectivity index (χ0v) is 72.3. The molecular formula is C99H100O32. The number of unbranched alkanes of at least 4 members (excludes halogenated alkanes) is 4. The molecule has 0 radical (unpaired) electrons. The summed E-state index contributed by atoms with van der Waals surface area (Å²) in [6, 6.07) is 53.9. The van der Waals surface area contributed by atoms with Gasteiger partial charge in [0.05, 0.1) is 69.5 Å². The van der Waals surface area contributed by atoms with E-state index in [4.69, 9.17) is 100 Å². The lowest BCUT2D eigenvalue weighted by Crippen LogP contribution is -2.16. The number of carbonyl (C=O) groups excluding carboxylic acids is 9. The molecular weight excluding hydrogens is 1700 g/mol. The summed E-state index contributed by atoms with van der Waals surface area (Å²) in [5.41, 5.74) is 7.12. The summed E-state index contributed by atoms with van der Waals surface area (Å²) >= 11 is 0. The van der Waals surface area contributed by atoms with Gasteiger partial charge in [-0.2, -0.15) is 9.78 Å². The van der Waals surface area contributed by atoms with Gasteiger partial charge >= 0.3 is 54.1 Å². The molecule has 0 N–H and O–H groups in total. The molecule has 0 saturated heterocycles. The van der Waals surface area contributed by atoms with E-state index in [1.165, 1.54) is 55.0 Å². The molecule has 131 heavy (non-hydrogen) atoms. The number of aryl methyl sites for hydroxylation is 2. The third-order valence-corrected chi connectivity index (χ3v) is 17.0. The van der Waals surface area contributed by atoms with Crippen molar-refractivity contribution in [3.8, 4) is 74.7 Å². The number of benzene rings is 9. The van der Waals surface area contributed by atoms with Crippen LogP contribution in [0.3, 0.4) is 0 Å². The van der Waals surface area contributed by atoms with Crippen molar-refractivity contribution >= 4 is 64.9 Å². The van der Waals surface area contributed by atoms with Gasteiger partial charge in [0.2, 0.25) is 13.6 Å². The van der Waals surface area contributed by atoms with Crippen molar-refractivity contribution in [2.24, 2.45) is 0 Å². The fourth-order valence-corrected chi connectivity index (χ4v) is 10.4. The number of ether oxygens (including phenoxy) is 19. The first-order valence-corrected chi connectivity index (χ1v) is 40.8. The Hall–Kier alpha value is -16.0. The van der Waals surface area contributed by atoms with Crippen LogP contribution in [0.1, 0.15) is 93.6 Å². The number of hydrogen-bond donors (Lipinski definition) is 0. The third-order valence-electron chi connectivity index (χ3n) is 17.0. The van der Waals surface area contributed by atoms with Gasteiger partial charge in [-0.3, -0.25) is 0 Å². The van der Waals surface area contributed by atoms with Crippen LogP contribution in [0.25, 0.3) is 10.8 Å². The van der Waals surface area contributed by atoms with Crippen LogP contribution in [0.4, 0.5) is 9.59 Å². The standard InChI is InChI=1S/C38H38O10.C35H38O10.C26H24O12/c1-3-21-46-47-25-8-7-23-42-33-17-19-34(20-18-33)44-28-45-35-15-11-31-27-36(16-12-30(31)26-35)48-38(40)29-9-13-32(14-10-29)41-22-5-6-24-43-37(39)4-2;1-4-20-43-44-24-9-8-22-39-30-14-16-31(17-15-30)41-26-42-33-19-18-32(25-27(33)3)45-35(37)28-10-12-29(13-11-28)38-21-6-7-23-40-34(36)5-2;1-4-22(27)32-12-14-34-25(30)37-19-8-6-18(7-9-19)24(29)36-20-10-11-21(17(3)16-20)38-26(31)35-15-13-33-23(28)5-2/h4,9-21,26-27H,1-2,5-8,22-25,28H2;5,10-20,25H,1-2,6-9,21-24,26H2,3H3;4-11,16H,1-2,12-15H2,3H3. The van der Waals surface area contributed by atoms with Gasteiger partial charge in [0.25, 0.3) is 0 Å². The summed E-state index contributed by atoms with van der Waals surface area (Å²) in [7, 11) is 0. The second-order valence-corrected chi connectivity index (χ2v) is 26.6. The lowest BCUT2D eigenvalue weighted by Gasteiger charge is -2.12. The number of rotatable bonds is 54. The van der Waals surface area contributed by atoms with Crippen LogP contribution in [0.2, 0.25) is 0 Å². The highest BCUT2D eigenvalue weighted by atomic mass is 17.2. The van der Waals surface area contributed by atoms with Crippen molar-refractivity contribution in [1.82, 2.24) is 0 Å². The normalized spacial score (nSPS) is 10.1. The van der Waals surface area contributed by atoms with Crippen molar-refractivity contribution in [2.45, 2.75) is 65.2 Å². The molecule has 9 rings (SSSR count). The second-order valence-electron chi connectivity index (χ2n) is 26.6. The van der Waals surface area contributed by atoms with E-state index in [-0.39, 0.29) is 62.8 Å². The maximum absolute atomic E-state index is 12.7. The number of fused-ring (bicyclic) bond motifs is 1. The Morgan fingerprint density at radius 2 is 0.550 bits per heavy atom. The fourth-order valence-electron chi connectivity index (χ4n) is 10.4. The second kappa shape index (κ2) is 59.8. The van der Waals surface area contributed by atoms with E-state index in [1.807, 2.05) is 67.6 Å². The van der Waals surface area contributed by atoms with Crippen LogP contribution in [0.5, 0.6) is 74.7 Å². The summed E-state index contributed by atoms with van der Waals surface area (Å²) in [6.45, 7) is 26.3. The molecule has 9 aromatic rings. The van der Waals surface area contributed by atoms with Crippen molar-refractivity contribution in [1.29, 1.82) is 0 Å². The summed E-state index contributed by atoms with van der Waals surface area (Å²) in [5.74, 6) is 2.72. The Bertz CT molecular complexity index is 5260. The summed E-state index contributed by atoms with van der Waals surface area (Å²) < 4.78 is 101. The van der Waals surface area contributed by atoms with Crippen molar-refractivity contribution in [2.75, 3.05) is 92.9 Å². The van der Waals surface area contributed by atoms with E-state index < -0.39 is 54.1 Å². The van der Waals surface area contributed by atoms with E-state index in [1.54, 1.807) is 97.9 Å². The number of hydrogen-bond acceptors (Lipinski definition) is 32. The molecule has 0 aliphatic rings. The fraction of sp³-hybridized carbons (Fsp3) is 0.242. The highest BCUT2D eigenvalue weighted by Crippen LogP contribution is 2.30. The predicted molar refractivity (Wildman–Crippen MR) is 475 cm³/mol. The SMILES string of the molecule is C=C=COOCCCCOc1ccc(OCOc2ccc(OC(=O)c3ccc(OCCCCOC(=O)C=C)cc3)cc2C)cc1.C=C=COOCCCCOc1ccc(OCOc2ccc3cc(OC(=O)c4ccc(OCCCCOC(=O)C=C)cc4)ccc3c2)cc1.C=CC(=O)OCCOC(=O)Oc1ccc(C(=O)Oc2ccc(OC(=O)OCCOC(=O)C=C)c(C)c2)cc1. The Balaban J connectivity index is 0.000000271. The van der Waals surface area contributed by atoms with Crippen LogP contribution >= 0.6 is 0 Å². The highest BCUT2D eigenvalue weighted by Gasteiger charge is 2.18. The molecule has 32 heteroatoms. The zero-order chi connectivity index (χ0) is 93.8. The van der Waals surface area contributed by atoms with Crippen LogP contribution in [-0.2, 0) is 67.1 Å². The molecule has 0 aliphatic heterocycles. The van der Waals surface area contributed by atoms with Gasteiger partial charge in [-0.1, -0.05) is 63.1 Å². The van der Waals surface area contributed by atoms with Gasteiger partial charge in [-0.25, -0.2) is 43.2 Å². The topological polar surface area (TPSA) is 366 Å². The maximum atomic E-state index is 12.7. The Morgan fingerprint density at radius 3 is 0.931 bits per heavy atom. The first-order valence-electron chi connectivity index (χ1n) is 40.8. The lowest BCUT2D eigenvalue weighted by atomic mass is 10.1. The number of esters is 7. The monoisotopic (exact) mass is 1800 g/mol. The summed E-state index contributed by atoms with van der Waals surface area (Å²) in [4.78, 5) is 124. The maximum Gasteiger partial charge on any atom is 0.513 e. The van der Waals surface area contributed by atoms with E-state index in [2.05, 4.69) is 60.4 Å². The van der Waals surface area contributed by atoms with Crippen LogP contribution < -0.4 is 61.6 Å². The Kier molecular flexibility index (Phi) is 46.6. The van der Waals surface area contributed by atoms with Crippen LogP contribution in [0, 0.1) is 13.8 Å². The minimum Gasteiger partial charge on any atom is -0.494 e. The average Bonchev–Trinajstić information content (AvgIpc) is 0.812. The third kappa shape index (κ3) is 41.3. The van der Waals surface area contributed by atoms with E-state index in [0.717, 1.165) is 77.8 Å². The Labute approximate surface area is 756 Å². The smallest absolute Gasteiger partial charge is 0.494 e. The molecule has 0 aromatic heterocycles. The quantitative estimate of drug-likeness (QED) is 0.00292. The van der Waals surface area contributed by atoms with Crippen molar-refractivity contribution < 1.29 is 153 Å². The molecule has 9 aromatic carbocycles. The molecule has 0 atom stereocenters. The van der Waals surface area contributed by atoms with E-state index in [9.17, 15) is 43.2 Å². The first-order chi connectivity index (χ1) is 63.7. The number of carbonyl (C=O) groups is 9. The zero-order valence-electron chi connectivity index (χ0n) is 72.3. The molecule has 32 nitrogen and oxygen atoms in total. The highest BCUT2D eigenvalue weighted by molar-refractivity contribution is 5.94. The van der Waals surface area contributed by atoms with Crippen molar-refractivity contribution in [3.63, 3.8) is 0 Å². The molecule has 0 unspecified atom stereocenters. The van der Waals surface area contributed by atoms with Gasteiger partial charge < -0.3 is 99.8 Å². The molecule has 0 aliphatic carbocycles. The largest absolute Gasteiger partial charge is 0.513 e.